The van der Waals surface area contributed by atoms with E-state index in [1.807, 2.05) is 13.8 Å². The third kappa shape index (κ3) is 6.04. The summed E-state index contributed by atoms with van der Waals surface area (Å²) in [7, 11) is -3.53. The Kier molecular flexibility index (Phi) is 7.72. The van der Waals surface area contributed by atoms with E-state index in [2.05, 4.69) is 36.5 Å². The zero-order chi connectivity index (χ0) is 26.7. The van der Waals surface area contributed by atoms with E-state index in [9.17, 15) is 13.2 Å². The monoisotopic (exact) mass is 525 g/mol. The first-order chi connectivity index (χ1) is 17.6. The summed E-state index contributed by atoms with van der Waals surface area (Å²) in [6.07, 6.45) is 5.62. The van der Waals surface area contributed by atoms with Gasteiger partial charge in [-0.2, -0.15) is 32.5 Å². The lowest BCUT2D eigenvalue weighted by Crippen LogP contribution is -2.50. The van der Waals surface area contributed by atoms with Crippen molar-refractivity contribution in [2.45, 2.75) is 58.7 Å². The molecule has 3 aromatic heterocycles. The van der Waals surface area contributed by atoms with Gasteiger partial charge in [-0.25, -0.2) is 9.97 Å². The van der Waals surface area contributed by atoms with Crippen molar-refractivity contribution in [1.29, 1.82) is 5.26 Å². The first-order valence-corrected chi connectivity index (χ1v) is 13.6. The van der Waals surface area contributed by atoms with Crippen LogP contribution in [0, 0.1) is 11.3 Å². The summed E-state index contributed by atoms with van der Waals surface area (Å²) in [6, 6.07) is 5.22. The molecule has 0 aliphatic carbocycles. The van der Waals surface area contributed by atoms with Crippen molar-refractivity contribution in [3.8, 4) is 11.9 Å². The largest absolute Gasteiger partial charge is 0.382 e. The molecule has 196 valence electrons. The number of carbonyl (C=O) groups is 1. The first-order valence-electron chi connectivity index (χ1n) is 12.2. The van der Waals surface area contributed by atoms with Crippen LogP contribution in [0.1, 0.15) is 56.5 Å². The molecule has 1 fully saturated rings. The Bertz CT molecular complexity index is 1440. The smallest absolute Gasteiger partial charge is 0.279 e. The van der Waals surface area contributed by atoms with Gasteiger partial charge in [0, 0.05) is 55.1 Å². The van der Waals surface area contributed by atoms with Crippen LogP contribution in [-0.2, 0) is 10.2 Å². The van der Waals surface area contributed by atoms with Gasteiger partial charge in [-0.1, -0.05) is 0 Å². The van der Waals surface area contributed by atoms with Crippen molar-refractivity contribution >= 4 is 32.8 Å². The van der Waals surface area contributed by atoms with Gasteiger partial charge >= 0.3 is 0 Å². The van der Waals surface area contributed by atoms with E-state index in [1.165, 1.54) is 16.7 Å². The standard InChI is InChI=1S/C24H31N9O3S/c1-15(2)29-21-10-22(33-23-18(13-28-33)9-17(11-25)12-27-23)26-14-20(21)24(34)30-19-5-7-32(8-6-19)37(35,36)31-16(3)4/h9-10,12-16,19,31H,5-8H2,1-4H3,(H,26,29)(H,30,34). The van der Waals surface area contributed by atoms with Crippen molar-refractivity contribution in [1.82, 2.24) is 34.1 Å². The van der Waals surface area contributed by atoms with Crippen molar-refractivity contribution in [3.63, 3.8) is 0 Å². The van der Waals surface area contributed by atoms with E-state index < -0.39 is 10.2 Å². The molecule has 0 aromatic carbocycles. The Hall–Kier alpha value is -3.60. The molecule has 0 radical (unpaired) electrons. The molecular formula is C24H31N9O3S. The molecule has 4 heterocycles. The quantitative estimate of drug-likeness (QED) is 0.403. The number of rotatable bonds is 8. The highest BCUT2D eigenvalue weighted by molar-refractivity contribution is 7.87. The summed E-state index contributed by atoms with van der Waals surface area (Å²) >= 11 is 0. The molecule has 1 amide bonds. The summed E-state index contributed by atoms with van der Waals surface area (Å²) < 4.78 is 30.4. The van der Waals surface area contributed by atoms with Crippen molar-refractivity contribution in [2.24, 2.45) is 0 Å². The van der Waals surface area contributed by atoms with Crippen LogP contribution in [0.5, 0.6) is 0 Å². The molecule has 0 unspecified atom stereocenters. The Morgan fingerprint density at radius 3 is 2.46 bits per heavy atom. The van der Waals surface area contributed by atoms with E-state index in [0.717, 1.165) is 0 Å². The summed E-state index contributed by atoms with van der Waals surface area (Å²) in [6.45, 7) is 8.15. The SMILES string of the molecule is CC(C)Nc1cc(-n2ncc3cc(C#N)cnc32)ncc1C(=O)NC1CCN(S(=O)(=O)NC(C)C)CC1. The van der Waals surface area contributed by atoms with Crippen LogP contribution in [-0.4, -0.2) is 69.6 Å². The molecule has 1 aliphatic rings. The number of amides is 1. The number of hydrogen-bond acceptors (Lipinski definition) is 8. The van der Waals surface area contributed by atoms with Crippen LogP contribution in [0.3, 0.4) is 0 Å². The molecule has 1 saturated heterocycles. The molecular weight excluding hydrogens is 494 g/mol. The molecule has 0 bridgehead atoms. The minimum absolute atomic E-state index is 0.0504. The predicted octanol–water partition coefficient (Wildman–Crippen LogP) is 1.94. The normalized spacial score (nSPS) is 15.3. The molecule has 1 aliphatic heterocycles. The number of piperidine rings is 1. The van der Waals surface area contributed by atoms with Gasteiger partial charge in [-0.15, -0.1) is 0 Å². The third-order valence-corrected chi connectivity index (χ3v) is 7.66. The van der Waals surface area contributed by atoms with Gasteiger partial charge in [0.25, 0.3) is 16.1 Å². The highest BCUT2D eigenvalue weighted by atomic mass is 32.2. The lowest BCUT2D eigenvalue weighted by Gasteiger charge is -2.32. The molecule has 0 atom stereocenters. The lowest BCUT2D eigenvalue weighted by atomic mass is 10.1. The molecule has 37 heavy (non-hydrogen) atoms. The average Bonchev–Trinajstić information content (AvgIpc) is 3.26. The second-order valence-corrected chi connectivity index (χ2v) is 11.3. The second-order valence-electron chi connectivity index (χ2n) is 9.62. The van der Waals surface area contributed by atoms with E-state index >= 15 is 0 Å². The highest BCUT2D eigenvalue weighted by Gasteiger charge is 2.29. The Morgan fingerprint density at radius 2 is 1.81 bits per heavy atom. The number of anilines is 1. The summed E-state index contributed by atoms with van der Waals surface area (Å²) in [4.78, 5) is 22.0. The van der Waals surface area contributed by atoms with Crippen LogP contribution in [0.2, 0.25) is 0 Å². The molecule has 13 heteroatoms. The number of nitrogens with one attached hydrogen (secondary N) is 3. The van der Waals surface area contributed by atoms with Gasteiger partial charge in [0.2, 0.25) is 0 Å². The van der Waals surface area contributed by atoms with E-state index in [0.29, 0.717) is 59.6 Å². The van der Waals surface area contributed by atoms with Gasteiger partial charge in [-0.3, -0.25) is 4.79 Å². The van der Waals surface area contributed by atoms with Crippen LogP contribution in [0.4, 0.5) is 5.69 Å². The fourth-order valence-electron chi connectivity index (χ4n) is 4.20. The first kappa shape index (κ1) is 26.5. The van der Waals surface area contributed by atoms with Gasteiger partial charge in [0.1, 0.15) is 6.07 Å². The van der Waals surface area contributed by atoms with Gasteiger partial charge in [0.05, 0.1) is 23.0 Å². The van der Waals surface area contributed by atoms with Gasteiger partial charge in [0.15, 0.2) is 11.5 Å². The van der Waals surface area contributed by atoms with Gasteiger partial charge < -0.3 is 10.6 Å². The van der Waals surface area contributed by atoms with E-state index in [-0.39, 0.29) is 24.0 Å². The Labute approximate surface area is 216 Å². The zero-order valence-corrected chi connectivity index (χ0v) is 22.1. The highest BCUT2D eigenvalue weighted by Crippen LogP contribution is 2.23. The van der Waals surface area contributed by atoms with Crippen LogP contribution >= 0.6 is 0 Å². The minimum Gasteiger partial charge on any atom is -0.382 e. The maximum Gasteiger partial charge on any atom is 0.279 e. The Balaban J connectivity index is 1.52. The minimum atomic E-state index is -3.53. The topological polar surface area (TPSA) is 158 Å². The van der Waals surface area contributed by atoms with E-state index in [4.69, 9.17) is 5.26 Å². The number of fused-ring (bicyclic) bond motifs is 1. The summed E-state index contributed by atoms with van der Waals surface area (Å²) in [5.41, 5.74) is 1.96. The number of nitriles is 1. The predicted molar refractivity (Wildman–Crippen MR) is 139 cm³/mol. The Morgan fingerprint density at radius 1 is 1.08 bits per heavy atom. The van der Waals surface area contributed by atoms with Crippen molar-refractivity contribution < 1.29 is 13.2 Å². The van der Waals surface area contributed by atoms with Gasteiger partial charge in [-0.05, 0) is 46.6 Å². The number of aromatic nitrogens is 4. The zero-order valence-electron chi connectivity index (χ0n) is 21.3. The molecule has 4 rings (SSSR count). The van der Waals surface area contributed by atoms with Crippen LogP contribution in [0.25, 0.3) is 16.9 Å². The fraction of sp³-hybridized carbons (Fsp3) is 0.458. The third-order valence-electron chi connectivity index (χ3n) is 5.85. The second kappa shape index (κ2) is 10.8. The molecule has 0 spiro atoms. The maximum atomic E-state index is 13.2. The number of nitrogens with zero attached hydrogens (tertiary/aromatic N) is 6. The maximum absolute atomic E-state index is 13.2. The molecule has 3 aromatic rings. The number of carbonyl (C=O) groups excluding carboxylic acids is 1. The van der Waals surface area contributed by atoms with E-state index in [1.54, 1.807) is 36.9 Å². The molecule has 12 nitrogen and oxygen atoms in total. The number of pyridine rings is 2. The van der Waals surface area contributed by atoms with Crippen molar-refractivity contribution in [3.05, 3.63) is 41.9 Å². The fourth-order valence-corrected chi connectivity index (χ4v) is 5.63. The molecule has 0 saturated carbocycles. The molecule has 3 N–H and O–H groups in total. The number of hydrogen-bond donors (Lipinski definition) is 3. The summed E-state index contributed by atoms with van der Waals surface area (Å²) in [5.74, 6) is 0.189. The summed E-state index contributed by atoms with van der Waals surface area (Å²) in [5, 5.41) is 20.5. The average molecular weight is 526 g/mol. The van der Waals surface area contributed by atoms with Crippen LogP contribution in [0.15, 0.2) is 30.7 Å². The van der Waals surface area contributed by atoms with Crippen LogP contribution < -0.4 is 15.4 Å². The van der Waals surface area contributed by atoms with Crippen molar-refractivity contribution in [2.75, 3.05) is 18.4 Å². The lowest BCUT2D eigenvalue weighted by molar-refractivity contribution is 0.0924.